The summed E-state index contributed by atoms with van der Waals surface area (Å²) < 4.78 is 10.3. The normalized spacial score (nSPS) is 22.7. The van der Waals surface area contributed by atoms with Crippen LogP contribution in [0.15, 0.2) is 10.6 Å². The third kappa shape index (κ3) is 3.14. The van der Waals surface area contributed by atoms with Crippen molar-refractivity contribution in [1.29, 1.82) is 0 Å². The molecule has 1 unspecified atom stereocenters. The van der Waals surface area contributed by atoms with Crippen molar-refractivity contribution in [2.24, 2.45) is 5.92 Å². The molecule has 1 aromatic heterocycles. The molecule has 7 heteroatoms. The highest BCUT2D eigenvalue weighted by Crippen LogP contribution is 2.21. The first-order valence-corrected chi connectivity index (χ1v) is 7.74. The van der Waals surface area contributed by atoms with E-state index >= 15 is 0 Å². The van der Waals surface area contributed by atoms with Crippen molar-refractivity contribution >= 4 is 11.8 Å². The van der Waals surface area contributed by atoms with Gasteiger partial charge in [0.05, 0.1) is 24.8 Å². The quantitative estimate of drug-likeness (QED) is 0.803. The average molecular weight is 307 g/mol. The second-order valence-electron chi connectivity index (χ2n) is 5.86. The third-order valence-electron chi connectivity index (χ3n) is 4.22. The van der Waals surface area contributed by atoms with E-state index in [0.29, 0.717) is 45.1 Å². The molecule has 0 aromatic carbocycles. The van der Waals surface area contributed by atoms with Crippen molar-refractivity contribution in [1.82, 2.24) is 15.0 Å². The molecule has 0 bridgehead atoms. The Bertz CT molecular complexity index is 551. The van der Waals surface area contributed by atoms with Gasteiger partial charge in [-0.2, -0.15) is 0 Å². The maximum absolute atomic E-state index is 12.6. The molecule has 0 spiro atoms. The van der Waals surface area contributed by atoms with E-state index in [-0.39, 0.29) is 23.5 Å². The van der Waals surface area contributed by atoms with Gasteiger partial charge in [0, 0.05) is 32.2 Å². The first kappa shape index (κ1) is 15.0. The van der Waals surface area contributed by atoms with Crippen LogP contribution in [0.5, 0.6) is 0 Å². The van der Waals surface area contributed by atoms with Crippen LogP contribution in [0.4, 0.5) is 0 Å². The van der Waals surface area contributed by atoms with E-state index in [1.54, 1.807) is 17.9 Å². The lowest BCUT2D eigenvalue weighted by molar-refractivity contribution is -0.141. The number of likely N-dealkylation sites (tertiary alicyclic amines) is 1. The Morgan fingerprint density at radius 2 is 2.00 bits per heavy atom. The van der Waals surface area contributed by atoms with Gasteiger partial charge in [0.2, 0.25) is 11.7 Å². The molecule has 0 aliphatic carbocycles. The van der Waals surface area contributed by atoms with Gasteiger partial charge in [-0.15, -0.1) is 0 Å². The predicted molar refractivity (Wildman–Crippen MR) is 77.3 cm³/mol. The van der Waals surface area contributed by atoms with Crippen LogP contribution in [-0.2, 0) is 9.53 Å². The van der Waals surface area contributed by atoms with Crippen molar-refractivity contribution in [3.05, 3.63) is 17.5 Å². The Morgan fingerprint density at radius 1 is 1.23 bits per heavy atom. The van der Waals surface area contributed by atoms with Gasteiger partial charge in [-0.3, -0.25) is 9.59 Å². The summed E-state index contributed by atoms with van der Waals surface area (Å²) in [7, 11) is 0. The van der Waals surface area contributed by atoms with Crippen LogP contribution in [0.25, 0.3) is 0 Å². The molecule has 3 rings (SSSR count). The number of hydrogen-bond donors (Lipinski definition) is 0. The number of aromatic nitrogens is 1. The van der Waals surface area contributed by atoms with E-state index in [1.165, 1.54) is 0 Å². The fourth-order valence-electron chi connectivity index (χ4n) is 3.03. The van der Waals surface area contributed by atoms with E-state index in [9.17, 15) is 9.59 Å². The molecule has 2 amide bonds. The van der Waals surface area contributed by atoms with Gasteiger partial charge in [0.1, 0.15) is 0 Å². The Morgan fingerprint density at radius 3 is 2.68 bits per heavy atom. The van der Waals surface area contributed by atoms with Crippen molar-refractivity contribution in [2.75, 3.05) is 39.4 Å². The van der Waals surface area contributed by atoms with Gasteiger partial charge < -0.3 is 19.1 Å². The number of piperidine rings is 1. The number of ether oxygens (including phenoxy) is 1. The van der Waals surface area contributed by atoms with Crippen LogP contribution < -0.4 is 0 Å². The van der Waals surface area contributed by atoms with E-state index in [4.69, 9.17) is 9.26 Å². The fraction of sp³-hybridized carbons (Fsp3) is 0.667. The van der Waals surface area contributed by atoms with E-state index < -0.39 is 0 Å². The molecule has 7 nitrogen and oxygen atoms in total. The number of amides is 2. The van der Waals surface area contributed by atoms with Crippen LogP contribution in [0.1, 0.15) is 29.1 Å². The Balaban J connectivity index is 1.63. The van der Waals surface area contributed by atoms with Gasteiger partial charge in [-0.25, -0.2) is 0 Å². The molecule has 22 heavy (non-hydrogen) atoms. The number of aryl methyl sites for hydroxylation is 1. The molecule has 0 N–H and O–H groups in total. The van der Waals surface area contributed by atoms with Gasteiger partial charge in [0.15, 0.2) is 0 Å². The van der Waals surface area contributed by atoms with Gasteiger partial charge in [-0.1, -0.05) is 5.16 Å². The minimum atomic E-state index is -0.180. The van der Waals surface area contributed by atoms with Crippen molar-refractivity contribution < 1.29 is 18.8 Å². The predicted octanol–water partition coefficient (Wildman–Crippen LogP) is 0.694. The summed E-state index contributed by atoms with van der Waals surface area (Å²) in [6.45, 7) is 5.37. The van der Waals surface area contributed by atoms with Crippen LogP contribution in [0.3, 0.4) is 0 Å². The summed E-state index contributed by atoms with van der Waals surface area (Å²) in [6.07, 6.45) is 1.66. The molecular formula is C15H21N3O4. The number of nitrogens with zero attached hydrogens (tertiary/aromatic N) is 3. The Hall–Kier alpha value is -1.89. The number of carbonyl (C=O) groups is 2. The van der Waals surface area contributed by atoms with Crippen molar-refractivity contribution in [2.45, 2.75) is 19.8 Å². The van der Waals surface area contributed by atoms with E-state index in [1.807, 2.05) is 4.90 Å². The highest BCUT2D eigenvalue weighted by molar-refractivity contribution is 5.92. The largest absolute Gasteiger partial charge is 0.378 e. The number of rotatable bonds is 2. The highest BCUT2D eigenvalue weighted by atomic mass is 16.5. The summed E-state index contributed by atoms with van der Waals surface area (Å²) in [6, 6.07) is 1.63. The van der Waals surface area contributed by atoms with Crippen molar-refractivity contribution in [3.63, 3.8) is 0 Å². The zero-order chi connectivity index (χ0) is 15.5. The molecular weight excluding hydrogens is 286 g/mol. The third-order valence-corrected chi connectivity index (χ3v) is 4.22. The van der Waals surface area contributed by atoms with E-state index in [2.05, 4.69) is 5.16 Å². The van der Waals surface area contributed by atoms with Crippen LogP contribution in [-0.4, -0.2) is 66.2 Å². The summed E-state index contributed by atoms with van der Waals surface area (Å²) >= 11 is 0. The second kappa shape index (κ2) is 6.48. The molecule has 2 fully saturated rings. The number of carbonyl (C=O) groups excluding carboxylic acids is 2. The van der Waals surface area contributed by atoms with Gasteiger partial charge >= 0.3 is 0 Å². The summed E-state index contributed by atoms with van der Waals surface area (Å²) in [5, 5.41) is 3.75. The average Bonchev–Trinajstić information content (AvgIpc) is 3.01. The van der Waals surface area contributed by atoms with Gasteiger partial charge in [-0.05, 0) is 19.8 Å². The molecule has 1 atom stereocenters. The summed E-state index contributed by atoms with van der Waals surface area (Å²) in [5.74, 6) is 0.0754. The molecule has 1 aromatic rings. The lowest BCUT2D eigenvalue weighted by atomic mass is 9.96. The summed E-state index contributed by atoms with van der Waals surface area (Å²) in [4.78, 5) is 28.5. The van der Waals surface area contributed by atoms with Gasteiger partial charge in [0.25, 0.3) is 5.91 Å². The molecule has 2 saturated heterocycles. The lowest BCUT2D eigenvalue weighted by Gasteiger charge is -2.35. The molecule has 120 valence electrons. The minimum absolute atomic E-state index is 0.125. The standard InChI is InChI=1S/C15H21N3O4/c1-11-9-13(22-16-11)15(20)18-4-2-3-12(10-18)14(19)17-5-7-21-8-6-17/h9,12H,2-8,10H2,1H3. The SMILES string of the molecule is Cc1cc(C(=O)N2CCCC(C(=O)N3CCOCC3)C2)on1. The maximum atomic E-state index is 12.6. The highest BCUT2D eigenvalue weighted by Gasteiger charge is 2.33. The smallest absolute Gasteiger partial charge is 0.292 e. The monoisotopic (exact) mass is 307 g/mol. The van der Waals surface area contributed by atoms with Crippen molar-refractivity contribution in [3.8, 4) is 0 Å². The molecule has 2 aliphatic heterocycles. The van der Waals surface area contributed by atoms with Crippen LogP contribution in [0.2, 0.25) is 0 Å². The number of hydrogen-bond acceptors (Lipinski definition) is 5. The molecule has 2 aliphatic rings. The molecule has 0 saturated carbocycles. The number of morpholine rings is 1. The van der Waals surface area contributed by atoms with E-state index in [0.717, 1.165) is 12.8 Å². The first-order chi connectivity index (χ1) is 10.6. The summed E-state index contributed by atoms with van der Waals surface area (Å²) in [5.41, 5.74) is 0.682. The maximum Gasteiger partial charge on any atom is 0.292 e. The topological polar surface area (TPSA) is 75.9 Å². The Labute approximate surface area is 129 Å². The second-order valence-corrected chi connectivity index (χ2v) is 5.86. The Kier molecular flexibility index (Phi) is 4.42. The zero-order valence-electron chi connectivity index (χ0n) is 12.8. The minimum Gasteiger partial charge on any atom is -0.378 e. The molecule has 3 heterocycles. The lowest BCUT2D eigenvalue weighted by Crippen LogP contribution is -2.49. The first-order valence-electron chi connectivity index (χ1n) is 7.74. The van der Waals surface area contributed by atoms with Crippen LogP contribution >= 0.6 is 0 Å². The molecule has 0 radical (unpaired) electrons. The fourth-order valence-corrected chi connectivity index (χ4v) is 3.03. The zero-order valence-corrected chi connectivity index (χ0v) is 12.8. The van der Waals surface area contributed by atoms with Crippen LogP contribution in [0, 0.1) is 12.8 Å².